The third-order valence-corrected chi connectivity index (χ3v) is 2.58. The molecule has 3 aromatic rings. The van der Waals surface area contributed by atoms with E-state index in [1.54, 1.807) is 23.0 Å². The van der Waals surface area contributed by atoms with Crippen molar-refractivity contribution in [2.45, 2.75) is 0 Å². The van der Waals surface area contributed by atoms with Crippen LogP contribution in [0.25, 0.3) is 16.7 Å². The van der Waals surface area contributed by atoms with Crippen LogP contribution in [-0.4, -0.2) is 14.5 Å². The predicted octanol–water partition coefficient (Wildman–Crippen LogP) is 3.15. The summed E-state index contributed by atoms with van der Waals surface area (Å²) in [5.74, 6) is -0.316. The van der Waals surface area contributed by atoms with Crippen LogP contribution in [0.2, 0.25) is 5.28 Å². The molecule has 0 amide bonds. The van der Waals surface area contributed by atoms with Crippen LogP contribution in [0, 0.1) is 5.82 Å². The second kappa shape index (κ2) is 3.35. The van der Waals surface area contributed by atoms with E-state index < -0.39 is 0 Å². The number of halogens is 2. The highest BCUT2D eigenvalue weighted by Crippen LogP contribution is 2.21. The number of fused-ring (bicyclic) bond motifs is 1. The van der Waals surface area contributed by atoms with Crippen LogP contribution in [0.3, 0.4) is 0 Å². The highest BCUT2D eigenvalue weighted by molar-refractivity contribution is 6.29. The fourth-order valence-electron chi connectivity index (χ4n) is 1.68. The molecule has 0 aliphatic carbocycles. The minimum Gasteiger partial charge on any atom is -0.328 e. The average molecular weight is 236 g/mol. The highest BCUT2D eigenvalue weighted by Gasteiger charge is 2.08. The summed E-state index contributed by atoms with van der Waals surface area (Å²) in [4.78, 5) is 6.83. The van der Waals surface area contributed by atoms with Crippen molar-refractivity contribution in [1.82, 2.24) is 14.5 Å². The van der Waals surface area contributed by atoms with Gasteiger partial charge in [0, 0.05) is 18.5 Å². The van der Waals surface area contributed by atoms with E-state index in [9.17, 15) is 4.39 Å². The van der Waals surface area contributed by atoms with Crippen molar-refractivity contribution in [3.8, 4) is 5.69 Å². The number of nitrogens with zero attached hydrogens (tertiary/aromatic N) is 2. The Balaban J connectivity index is 2.29. The van der Waals surface area contributed by atoms with Crippen molar-refractivity contribution in [2.75, 3.05) is 0 Å². The van der Waals surface area contributed by atoms with Crippen molar-refractivity contribution in [1.29, 1.82) is 0 Å². The average Bonchev–Trinajstić information content (AvgIpc) is 2.83. The summed E-state index contributed by atoms with van der Waals surface area (Å²) in [7, 11) is 0. The Hall–Kier alpha value is -1.81. The lowest BCUT2D eigenvalue weighted by Gasteiger charge is -2.03. The molecule has 0 spiro atoms. The molecule has 0 fully saturated rings. The van der Waals surface area contributed by atoms with Crippen LogP contribution < -0.4 is 0 Å². The van der Waals surface area contributed by atoms with E-state index in [0.717, 1.165) is 0 Å². The van der Waals surface area contributed by atoms with Crippen LogP contribution >= 0.6 is 11.6 Å². The van der Waals surface area contributed by atoms with Gasteiger partial charge >= 0.3 is 0 Å². The summed E-state index contributed by atoms with van der Waals surface area (Å²) in [6.45, 7) is 0. The van der Waals surface area contributed by atoms with Gasteiger partial charge in [0.1, 0.15) is 5.82 Å². The van der Waals surface area contributed by atoms with Gasteiger partial charge < -0.3 is 9.55 Å². The Bertz CT molecular complexity index is 643. The van der Waals surface area contributed by atoms with Gasteiger partial charge in [0.15, 0.2) is 0 Å². The first kappa shape index (κ1) is 9.42. The second-order valence-electron chi connectivity index (χ2n) is 3.44. The molecule has 3 rings (SSSR count). The number of nitrogens with one attached hydrogen (secondary N) is 1. The predicted molar refractivity (Wildman–Crippen MR) is 60.4 cm³/mol. The van der Waals surface area contributed by atoms with Gasteiger partial charge in [0.2, 0.25) is 5.28 Å². The number of benzene rings is 1. The number of H-pyrrole nitrogens is 1. The first-order valence-corrected chi connectivity index (χ1v) is 5.10. The molecule has 0 radical (unpaired) electrons. The zero-order valence-electron chi connectivity index (χ0n) is 8.11. The van der Waals surface area contributed by atoms with Crippen molar-refractivity contribution >= 4 is 22.6 Å². The van der Waals surface area contributed by atoms with Gasteiger partial charge in [-0.15, -0.1) is 0 Å². The fraction of sp³-hybridized carbons (Fsp3) is 0. The first-order valence-electron chi connectivity index (χ1n) is 4.72. The smallest absolute Gasteiger partial charge is 0.201 e. The largest absolute Gasteiger partial charge is 0.328 e. The molecule has 0 atom stereocenters. The van der Waals surface area contributed by atoms with Crippen molar-refractivity contribution < 1.29 is 4.39 Å². The molecule has 0 unspecified atom stereocenters. The molecular weight excluding hydrogens is 229 g/mol. The van der Waals surface area contributed by atoms with Gasteiger partial charge in [0.25, 0.3) is 0 Å². The van der Waals surface area contributed by atoms with Crippen molar-refractivity contribution in [3.63, 3.8) is 0 Å². The molecule has 3 nitrogen and oxygen atoms in total. The Morgan fingerprint density at radius 1 is 1.25 bits per heavy atom. The van der Waals surface area contributed by atoms with E-state index in [-0.39, 0.29) is 11.1 Å². The topological polar surface area (TPSA) is 33.6 Å². The number of rotatable bonds is 1. The van der Waals surface area contributed by atoms with E-state index >= 15 is 0 Å². The van der Waals surface area contributed by atoms with E-state index in [1.165, 1.54) is 6.07 Å². The lowest BCUT2D eigenvalue weighted by Crippen LogP contribution is -1.94. The third kappa shape index (κ3) is 1.39. The van der Waals surface area contributed by atoms with Crippen LogP contribution in [0.1, 0.15) is 0 Å². The Kier molecular flexibility index (Phi) is 1.97. The molecule has 0 saturated heterocycles. The second-order valence-corrected chi connectivity index (χ2v) is 3.80. The Morgan fingerprint density at radius 2 is 2.00 bits per heavy atom. The van der Waals surface area contributed by atoms with Gasteiger partial charge in [-0.1, -0.05) is 0 Å². The molecule has 5 heteroatoms. The van der Waals surface area contributed by atoms with Crippen molar-refractivity contribution in [3.05, 3.63) is 47.8 Å². The van der Waals surface area contributed by atoms with Gasteiger partial charge in [-0.05, 0) is 29.8 Å². The SMILES string of the molecule is Fc1cc2[nH]c(Cl)nc2cc1-n1cccc1. The summed E-state index contributed by atoms with van der Waals surface area (Å²) in [6, 6.07) is 6.72. The molecular formula is C11H7ClFN3. The molecule has 0 aliphatic heterocycles. The van der Waals surface area contributed by atoms with E-state index in [0.29, 0.717) is 16.7 Å². The van der Waals surface area contributed by atoms with E-state index in [1.807, 2.05) is 12.1 Å². The molecule has 2 aromatic heterocycles. The third-order valence-electron chi connectivity index (χ3n) is 2.40. The number of imidazole rings is 1. The summed E-state index contributed by atoms with van der Waals surface area (Å²) in [5, 5.41) is 0.263. The van der Waals surface area contributed by atoms with Crippen molar-refractivity contribution in [2.24, 2.45) is 0 Å². The number of aromatic amines is 1. The number of hydrogen-bond donors (Lipinski definition) is 1. The van der Waals surface area contributed by atoms with Crippen LogP contribution in [0.15, 0.2) is 36.7 Å². The number of hydrogen-bond acceptors (Lipinski definition) is 1. The maximum absolute atomic E-state index is 13.8. The van der Waals surface area contributed by atoms with Crippen LogP contribution in [0.4, 0.5) is 4.39 Å². The fourth-order valence-corrected chi connectivity index (χ4v) is 1.87. The summed E-state index contributed by atoms with van der Waals surface area (Å²) < 4.78 is 15.5. The molecule has 0 saturated carbocycles. The molecule has 1 aromatic carbocycles. The zero-order chi connectivity index (χ0) is 11.1. The summed E-state index contributed by atoms with van der Waals surface area (Å²) >= 11 is 5.72. The van der Waals surface area contributed by atoms with E-state index in [2.05, 4.69) is 9.97 Å². The van der Waals surface area contributed by atoms with Crippen LogP contribution in [0.5, 0.6) is 0 Å². The maximum atomic E-state index is 13.8. The van der Waals surface area contributed by atoms with Crippen LogP contribution in [-0.2, 0) is 0 Å². The van der Waals surface area contributed by atoms with Gasteiger partial charge in [-0.3, -0.25) is 0 Å². The van der Waals surface area contributed by atoms with Gasteiger partial charge in [0.05, 0.1) is 16.7 Å². The molecule has 0 bridgehead atoms. The minimum absolute atomic E-state index is 0.263. The molecule has 0 aliphatic rings. The Morgan fingerprint density at radius 3 is 2.75 bits per heavy atom. The Labute approximate surface area is 95.5 Å². The lowest BCUT2D eigenvalue weighted by molar-refractivity contribution is 0.620. The molecule has 2 heterocycles. The summed E-state index contributed by atoms with van der Waals surface area (Å²) in [5.41, 5.74) is 1.70. The number of aromatic nitrogens is 3. The normalized spacial score (nSPS) is 11.1. The monoisotopic (exact) mass is 235 g/mol. The van der Waals surface area contributed by atoms with Gasteiger partial charge in [-0.2, -0.15) is 0 Å². The maximum Gasteiger partial charge on any atom is 0.201 e. The lowest BCUT2D eigenvalue weighted by atomic mass is 10.2. The van der Waals surface area contributed by atoms with Gasteiger partial charge in [-0.25, -0.2) is 9.37 Å². The first-order chi connectivity index (χ1) is 7.74. The zero-order valence-corrected chi connectivity index (χ0v) is 8.87. The molecule has 1 N–H and O–H groups in total. The summed E-state index contributed by atoms with van der Waals surface area (Å²) in [6.07, 6.45) is 3.55. The quantitative estimate of drug-likeness (QED) is 0.691. The molecule has 16 heavy (non-hydrogen) atoms. The minimum atomic E-state index is -0.316. The standard InChI is InChI=1S/C11H7ClFN3/c12-11-14-8-5-7(13)10(6-9(8)15-11)16-3-1-2-4-16/h1-6H,(H,14,15). The highest BCUT2D eigenvalue weighted by atomic mass is 35.5. The molecule has 80 valence electrons. The van der Waals surface area contributed by atoms with E-state index in [4.69, 9.17) is 11.6 Å².